The minimum absolute atomic E-state index is 0.00368. The second kappa shape index (κ2) is 3.58. The van der Waals surface area contributed by atoms with E-state index >= 15 is 0 Å². The minimum atomic E-state index is -0.703. The molecule has 2 saturated heterocycles. The van der Waals surface area contributed by atoms with Crippen molar-refractivity contribution in [3.05, 3.63) is 0 Å². The second-order valence-electron chi connectivity index (χ2n) is 7.74. The third-order valence-electron chi connectivity index (χ3n) is 7.13. The van der Waals surface area contributed by atoms with Crippen molar-refractivity contribution >= 4 is 11.9 Å². The zero-order valence-electron chi connectivity index (χ0n) is 11.6. The summed E-state index contributed by atoms with van der Waals surface area (Å²) in [4.78, 5) is 26.2. The number of carboxylic acid groups (broad SMARTS) is 1. The Labute approximate surface area is 118 Å². The number of carboxylic acids is 1. The van der Waals surface area contributed by atoms with Crippen LogP contribution in [0.1, 0.15) is 38.5 Å². The van der Waals surface area contributed by atoms with Gasteiger partial charge in [0.25, 0.3) is 0 Å². The number of hydrogen-bond donors (Lipinski definition) is 1. The summed E-state index contributed by atoms with van der Waals surface area (Å²) in [5.74, 6) is 2.57. The van der Waals surface area contributed by atoms with E-state index in [1.807, 2.05) is 4.90 Å². The fourth-order valence-corrected chi connectivity index (χ4v) is 6.42. The molecule has 4 heteroatoms. The van der Waals surface area contributed by atoms with Crippen LogP contribution in [0.5, 0.6) is 0 Å². The van der Waals surface area contributed by atoms with Gasteiger partial charge in [0.2, 0.25) is 5.91 Å². The summed E-state index contributed by atoms with van der Waals surface area (Å²) >= 11 is 0. The quantitative estimate of drug-likeness (QED) is 0.835. The first kappa shape index (κ1) is 11.6. The van der Waals surface area contributed by atoms with Crippen molar-refractivity contribution in [1.29, 1.82) is 0 Å². The Bertz CT molecular complexity index is 488. The molecule has 7 atom stereocenters. The molecular formula is C16H21NO3. The van der Waals surface area contributed by atoms with Crippen LogP contribution in [0.25, 0.3) is 0 Å². The maximum atomic E-state index is 12.9. The van der Waals surface area contributed by atoms with Gasteiger partial charge in [0.05, 0.1) is 5.92 Å². The lowest BCUT2D eigenvalue weighted by atomic mass is 9.89. The van der Waals surface area contributed by atoms with Crippen LogP contribution in [-0.2, 0) is 9.59 Å². The SMILES string of the molecule is O=C(O)C1CC2CCC1N2C(=O)C1C2C3CCC(C3)C12. The van der Waals surface area contributed by atoms with Crippen molar-refractivity contribution in [1.82, 2.24) is 4.90 Å². The van der Waals surface area contributed by atoms with E-state index in [1.165, 1.54) is 19.3 Å². The molecule has 5 fully saturated rings. The van der Waals surface area contributed by atoms with Gasteiger partial charge >= 0.3 is 5.97 Å². The van der Waals surface area contributed by atoms with Crippen LogP contribution in [0.3, 0.4) is 0 Å². The average molecular weight is 275 g/mol. The molecule has 5 aliphatic rings. The maximum absolute atomic E-state index is 12.9. The van der Waals surface area contributed by atoms with Crippen molar-refractivity contribution in [2.75, 3.05) is 0 Å². The average Bonchev–Trinajstić information content (AvgIpc) is 2.87. The number of fused-ring (bicyclic) bond motifs is 7. The van der Waals surface area contributed by atoms with Crippen molar-refractivity contribution in [2.45, 2.75) is 50.6 Å². The molecule has 0 aromatic carbocycles. The van der Waals surface area contributed by atoms with Gasteiger partial charge in [-0.2, -0.15) is 0 Å². The Morgan fingerprint density at radius 2 is 1.65 bits per heavy atom. The molecule has 2 aliphatic heterocycles. The van der Waals surface area contributed by atoms with Crippen LogP contribution in [0, 0.1) is 35.5 Å². The molecule has 3 saturated carbocycles. The van der Waals surface area contributed by atoms with Crippen LogP contribution in [0.4, 0.5) is 0 Å². The largest absolute Gasteiger partial charge is 0.481 e. The summed E-state index contributed by atoms with van der Waals surface area (Å²) < 4.78 is 0. The predicted octanol–water partition coefficient (Wildman–Crippen LogP) is 1.74. The van der Waals surface area contributed by atoms with Crippen LogP contribution in [0.15, 0.2) is 0 Å². The van der Waals surface area contributed by atoms with Gasteiger partial charge in [-0.15, -0.1) is 0 Å². The first-order valence-corrected chi connectivity index (χ1v) is 8.22. The molecule has 5 rings (SSSR count). The number of nitrogens with zero attached hydrogens (tertiary/aromatic N) is 1. The third-order valence-corrected chi connectivity index (χ3v) is 7.13. The molecule has 7 unspecified atom stereocenters. The Morgan fingerprint density at radius 3 is 2.25 bits per heavy atom. The van der Waals surface area contributed by atoms with E-state index in [1.54, 1.807) is 0 Å². The van der Waals surface area contributed by atoms with E-state index in [-0.39, 0.29) is 23.9 Å². The Kier molecular flexibility index (Phi) is 2.07. The monoisotopic (exact) mass is 275 g/mol. The highest BCUT2D eigenvalue weighted by Gasteiger charge is 2.69. The van der Waals surface area contributed by atoms with Gasteiger partial charge in [-0.1, -0.05) is 0 Å². The van der Waals surface area contributed by atoms with Gasteiger partial charge in [-0.3, -0.25) is 9.59 Å². The molecule has 0 radical (unpaired) electrons. The molecule has 0 spiro atoms. The van der Waals surface area contributed by atoms with Crippen molar-refractivity contribution < 1.29 is 14.7 Å². The van der Waals surface area contributed by atoms with Crippen LogP contribution >= 0.6 is 0 Å². The molecule has 0 aromatic rings. The molecule has 1 N–H and O–H groups in total. The maximum Gasteiger partial charge on any atom is 0.308 e. The first-order chi connectivity index (χ1) is 9.66. The van der Waals surface area contributed by atoms with E-state index in [0.717, 1.165) is 24.7 Å². The summed E-state index contributed by atoms with van der Waals surface area (Å²) in [6.45, 7) is 0. The highest BCUT2D eigenvalue weighted by molar-refractivity contribution is 5.85. The summed E-state index contributed by atoms with van der Waals surface area (Å²) in [5, 5.41) is 9.31. The molecule has 2 heterocycles. The highest BCUT2D eigenvalue weighted by atomic mass is 16.4. The van der Waals surface area contributed by atoms with Crippen molar-refractivity contribution in [3.63, 3.8) is 0 Å². The fourth-order valence-electron chi connectivity index (χ4n) is 6.42. The topological polar surface area (TPSA) is 57.6 Å². The van der Waals surface area contributed by atoms with Gasteiger partial charge in [-0.05, 0) is 62.2 Å². The number of carbonyl (C=O) groups excluding carboxylic acids is 1. The van der Waals surface area contributed by atoms with Crippen molar-refractivity contribution in [3.8, 4) is 0 Å². The Hall–Kier alpha value is -1.06. The number of hydrogen-bond acceptors (Lipinski definition) is 2. The van der Waals surface area contributed by atoms with Gasteiger partial charge in [0.15, 0.2) is 0 Å². The predicted molar refractivity (Wildman–Crippen MR) is 70.7 cm³/mol. The lowest BCUT2D eigenvalue weighted by Gasteiger charge is -2.24. The van der Waals surface area contributed by atoms with E-state index in [9.17, 15) is 14.7 Å². The van der Waals surface area contributed by atoms with Crippen LogP contribution in [0.2, 0.25) is 0 Å². The Balaban J connectivity index is 1.37. The number of rotatable bonds is 2. The number of carbonyl (C=O) groups is 2. The van der Waals surface area contributed by atoms with Crippen LogP contribution < -0.4 is 0 Å². The number of amides is 1. The molecule has 4 nitrogen and oxygen atoms in total. The zero-order chi connectivity index (χ0) is 13.6. The molecule has 4 bridgehead atoms. The fraction of sp³-hybridized carbons (Fsp3) is 0.875. The molecule has 0 aromatic heterocycles. The van der Waals surface area contributed by atoms with E-state index in [2.05, 4.69) is 0 Å². The van der Waals surface area contributed by atoms with Gasteiger partial charge in [0, 0.05) is 18.0 Å². The summed E-state index contributed by atoms with van der Waals surface area (Å²) in [5.41, 5.74) is 0. The van der Waals surface area contributed by atoms with E-state index < -0.39 is 5.97 Å². The Morgan fingerprint density at radius 1 is 0.950 bits per heavy atom. The second-order valence-corrected chi connectivity index (χ2v) is 7.74. The minimum Gasteiger partial charge on any atom is -0.481 e. The lowest BCUT2D eigenvalue weighted by Crippen LogP contribution is -2.39. The highest BCUT2D eigenvalue weighted by Crippen LogP contribution is 2.70. The van der Waals surface area contributed by atoms with Gasteiger partial charge in [-0.25, -0.2) is 0 Å². The number of aliphatic carboxylic acids is 1. The third kappa shape index (κ3) is 1.24. The smallest absolute Gasteiger partial charge is 0.308 e. The normalized spacial score (nSPS) is 54.3. The lowest BCUT2D eigenvalue weighted by molar-refractivity contribution is -0.143. The molecule has 20 heavy (non-hydrogen) atoms. The van der Waals surface area contributed by atoms with Gasteiger partial charge in [0.1, 0.15) is 0 Å². The zero-order valence-corrected chi connectivity index (χ0v) is 11.6. The molecule has 3 aliphatic carbocycles. The van der Waals surface area contributed by atoms with Crippen molar-refractivity contribution in [2.24, 2.45) is 35.5 Å². The molecular weight excluding hydrogens is 254 g/mol. The molecule has 1 amide bonds. The van der Waals surface area contributed by atoms with Crippen LogP contribution in [-0.4, -0.2) is 34.0 Å². The summed E-state index contributed by atoms with van der Waals surface area (Å²) in [7, 11) is 0. The molecule has 108 valence electrons. The van der Waals surface area contributed by atoms with E-state index in [4.69, 9.17) is 0 Å². The standard InChI is InChI=1S/C16H21NO3/c18-15(14-12-7-1-2-8(5-7)13(12)14)17-9-3-4-11(17)10(6-9)16(19)20/h7-14H,1-6H2,(H,19,20). The first-order valence-electron chi connectivity index (χ1n) is 8.22. The summed E-state index contributed by atoms with van der Waals surface area (Å²) in [6.07, 6.45) is 6.65. The van der Waals surface area contributed by atoms with E-state index in [0.29, 0.717) is 24.2 Å². The summed E-state index contributed by atoms with van der Waals surface area (Å²) in [6, 6.07) is 0.233. The van der Waals surface area contributed by atoms with Gasteiger partial charge < -0.3 is 10.0 Å².